The lowest BCUT2D eigenvalue weighted by Gasteiger charge is -2.23. The van der Waals surface area contributed by atoms with Gasteiger partial charge in [0.25, 0.3) is 0 Å². The van der Waals surface area contributed by atoms with Crippen molar-refractivity contribution in [2.45, 2.75) is 59.3 Å². The van der Waals surface area contributed by atoms with E-state index in [4.69, 9.17) is 4.74 Å². The standard InChI is InChI=1S/C28H39N2O/c1-7-18-29(19-8-2)23-13-10-22(11-14-23)12-17-27-28(4,5)25-21-24(31-6)15-16-26(25)30(27)20-9-3/h10-17,21H,7-9,18-20H2,1-6H3/q+1. The summed E-state index contributed by atoms with van der Waals surface area (Å²) in [6.45, 7) is 14.6. The summed E-state index contributed by atoms with van der Waals surface area (Å²) >= 11 is 0. The summed E-state index contributed by atoms with van der Waals surface area (Å²) in [5.74, 6) is 0.924. The van der Waals surface area contributed by atoms with E-state index >= 15 is 0 Å². The van der Waals surface area contributed by atoms with E-state index < -0.39 is 0 Å². The number of fused-ring (bicyclic) bond motifs is 1. The van der Waals surface area contributed by atoms with Crippen LogP contribution in [-0.4, -0.2) is 37.0 Å². The third kappa shape index (κ3) is 4.87. The SMILES string of the molecule is CCCN(CCC)c1ccc(C=CC2=[N+](CCC)c3ccc(OC)cc3C2(C)C)cc1. The Hall–Kier alpha value is -2.55. The number of rotatable bonds is 10. The monoisotopic (exact) mass is 419 g/mol. The first-order chi connectivity index (χ1) is 15.0. The van der Waals surface area contributed by atoms with Crippen molar-refractivity contribution in [3.8, 4) is 5.75 Å². The van der Waals surface area contributed by atoms with Gasteiger partial charge in [0.2, 0.25) is 5.69 Å². The molecule has 31 heavy (non-hydrogen) atoms. The molecule has 0 bridgehead atoms. The Balaban J connectivity index is 1.90. The zero-order valence-corrected chi connectivity index (χ0v) is 20.2. The van der Waals surface area contributed by atoms with Crippen LogP contribution >= 0.6 is 0 Å². The number of hydrogen-bond donors (Lipinski definition) is 0. The third-order valence-corrected chi connectivity index (χ3v) is 6.23. The highest BCUT2D eigenvalue weighted by Gasteiger charge is 2.44. The molecule has 3 nitrogen and oxygen atoms in total. The highest BCUT2D eigenvalue weighted by atomic mass is 16.5. The average Bonchev–Trinajstić information content (AvgIpc) is 2.98. The molecule has 1 aliphatic heterocycles. The van der Waals surface area contributed by atoms with Crippen LogP contribution in [0.3, 0.4) is 0 Å². The van der Waals surface area contributed by atoms with E-state index in [2.05, 4.69) is 98.7 Å². The van der Waals surface area contributed by atoms with Crippen LogP contribution in [0.4, 0.5) is 11.4 Å². The van der Waals surface area contributed by atoms with Crippen molar-refractivity contribution in [2.75, 3.05) is 31.6 Å². The number of allylic oxidation sites excluding steroid dienone is 1. The van der Waals surface area contributed by atoms with Gasteiger partial charge in [0, 0.05) is 42.9 Å². The van der Waals surface area contributed by atoms with E-state index in [9.17, 15) is 0 Å². The number of anilines is 1. The highest BCUT2D eigenvalue weighted by molar-refractivity contribution is 6.05. The molecule has 0 aromatic heterocycles. The second-order valence-corrected chi connectivity index (χ2v) is 8.96. The molecule has 1 heterocycles. The summed E-state index contributed by atoms with van der Waals surface area (Å²) in [5, 5.41) is 0. The van der Waals surface area contributed by atoms with Gasteiger partial charge in [0.15, 0.2) is 5.71 Å². The molecule has 0 amide bonds. The van der Waals surface area contributed by atoms with Crippen molar-refractivity contribution in [1.82, 2.24) is 0 Å². The Labute approximate surface area is 189 Å². The first kappa shape index (κ1) is 23.1. The third-order valence-electron chi connectivity index (χ3n) is 6.23. The molecule has 2 aromatic rings. The van der Waals surface area contributed by atoms with E-state index in [0.717, 1.165) is 31.8 Å². The molecule has 1 aliphatic rings. The Morgan fingerprint density at radius 1 is 0.903 bits per heavy atom. The smallest absolute Gasteiger partial charge is 0.210 e. The minimum absolute atomic E-state index is 0.0610. The minimum atomic E-state index is -0.0610. The van der Waals surface area contributed by atoms with Crippen molar-refractivity contribution in [1.29, 1.82) is 0 Å². The van der Waals surface area contributed by atoms with E-state index in [-0.39, 0.29) is 5.41 Å². The molecule has 0 unspecified atom stereocenters. The first-order valence-electron chi connectivity index (χ1n) is 11.8. The first-order valence-corrected chi connectivity index (χ1v) is 11.8. The Morgan fingerprint density at radius 2 is 1.58 bits per heavy atom. The van der Waals surface area contributed by atoms with Gasteiger partial charge in [-0.1, -0.05) is 32.9 Å². The molecule has 166 valence electrons. The van der Waals surface area contributed by atoms with Crippen molar-refractivity contribution in [3.05, 3.63) is 59.7 Å². The van der Waals surface area contributed by atoms with Gasteiger partial charge in [0.1, 0.15) is 12.3 Å². The fourth-order valence-corrected chi connectivity index (χ4v) is 4.63. The van der Waals surface area contributed by atoms with Crippen LogP contribution in [0.5, 0.6) is 5.75 Å². The van der Waals surface area contributed by atoms with Crippen LogP contribution in [0.2, 0.25) is 0 Å². The fourth-order valence-electron chi connectivity index (χ4n) is 4.63. The lowest BCUT2D eigenvalue weighted by molar-refractivity contribution is -0.437. The molecule has 0 spiro atoms. The molecule has 0 saturated heterocycles. The average molecular weight is 420 g/mol. The topological polar surface area (TPSA) is 15.5 Å². The number of benzene rings is 2. The van der Waals surface area contributed by atoms with E-state index in [1.165, 1.54) is 41.1 Å². The zero-order chi connectivity index (χ0) is 22.4. The quantitative estimate of drug-likeness (QED) is 0.393. The predicted octanol–water partition coefficient (Wildman–Crippen LogP) is 6.82. The van der Waals surface area contributed by atoms with E-state index in [1.54, 1.807) is 7.11 Å². The minimum Gasteiger partial charge on any atom is -0.497 e. The Bertz CT molecular complexity index is 932. The zero-order valence-electron chi connectivity index (χ0n) is 20.2. The van der Waals surface area contributed by atoms with Crippen molar-refractivity contribution in [2.24, 2.45) is 0 Å². The second-order valence-electron chi connectivity index (χ2n) is 8.96. The number of methoxy groups -OCH3 is 1. The van der Waals surface area contributed by atoms with Gasteiger partial charge in [-0.2, -0.15) is 4.58 Å². The Morgan fingerprint density at radius 3 is 2.16 bits per heavy atom. The Kier molecular flexibility index (Phi) is 7.59. The van der Waals surface area contributed by atoms with E-state index in [1.807, 2.05) is 0 Å². The van der Waals surface area contributed by atoms with Crippen molar-refractivity contribution >= 4 is 23.2 Å². The second kappa shape index (κ2) is 10.2. The van der Waals surface area contributed by atoms with E-state index in [0.29, 0.717) is 0 Å². The number of hydrogen-bond acceptors (Lipinski definition) is 2. The lowest BCUT2D eigenvalue weighted by atomic mass is 9.81. The van der Waals surface area contributed by atoms with Gasteiger partial charge in [-0.3, -0.25) is 0 Å². The molecular weight excluding hydrogens is 380 g/mol. The molecule has 0 atom stereocenters. The highest BCUT2D eigenvalue weighted by Crippen LogP contribution is 2.42. The van der Waals surface area contributed by atoms with Gasteiger partial charge < -0.3 is 9.64 Å². The molecule has 0 N–H and O–H groups in total. The van der Waals surface area contributed by atoms with Gasteiger partial charge in [-0.15, -0.1) is 0 Å². The summed E-state index contributed by atoms with van der Waals surface area (Å²) in [4.78, 5) is 2.48. The van der Waals surface area contributed by atoms with Crippen LogP contribution in [0.15, 0.2) is 48.5 Å². The van der Waals surface area contributed by atoms with Gasteiger partial charge in [-0.05, 0) is 62.6 Å². The summed E-state index contributed by atoms with van der Waals surface area (Å²) in [6, 6.07) is 15.5. The number of ether oxygens (including phenoxy) is 1. The molecule has 0 saturated carbocycles. The normalized spacial score (nSPS) is 14.9. The summed E-state index contributed by atoms with van der Waals surface area (Å²) in [6.07, 6.45) is 8.03. The van der Waals surface area contributed by atoms with Crippen LogP contribution < -0.4 is 9.64 Å². The molecule has 0 fully saturated rings. The molecule has 0 aliphatic carbocycles. The van der Waals surface area contributed by atoms with Crippen LogP contribution in [0.1, 0.15) is 65.0 Å². The van der Waals surface area contributed by atoms with Crippen LogP contribution in [0, 0.1) is 0 Å². The molecule has 3 rings (SSSR count). The maximum absolute atomic E-state index is 5.51. The number of nitrogens with zero attached hydrogens (tertiary/aromatic N) is 2. The summed E-state index contributed by atoms with van der Waals surface area (Å²) in [7, 11) is 1.74. The molecule has 0 radical (unpaired) electrons. The molecule has 2 aromatic carbocycles. The maximum atomic E-state index is 5.51. The van der Waals surface area contributed by atoms with Crippen molar-refractivity contribution < 1.29 is 9.31 Å². The van der Waals surface area contributed by atoms with Gasteiger partial charge in [0.05, 0.1) is 12.5 Å². The predicted molar refractivity (Wildman–Crippen MR) is 134 cm³/mol. The lowest BCUT2D eigenvalue weighted by Crippen LogP contribution is -2.27. The summed E-state index contributed by atoms with van der Waals surface area (Å²) < 4.78 is 7.98. The van der Waals surface area contributed by atoms with Crippen LogP contribution in [0.25, 0.3) is 6.08 Å². The fraction of sp³-hybridized carbons (Fsp3) is 0.464. The van der Waals surface area contributed by atoms with Crippen LogP contribution in [-0.2, 0) is 5.41 Å². The molecule has 3 heteroatoms. The molecular formula is C28H39N2O+. The van der Waals surface area contributed by atoms with Gasteiger partial charge >= 0.3 is 0 Å². The summed E-state index contributed by atoms with van der Waals surface area (Å²) in [5.41, 5.74) is 6.49. The van der Waals surface area contributed by atoms with Crippen molar-refractivity contribution in [3.63, 3.8) is 0 Å². The maximum Gasteiger partial charge on any atom is 0.210 e. The van der Waals surface area contributed by atoms with Gasteiger partial charge in [-0.25, -0.2) is 0 Å². The largest absolute Gasteiger partial charge is 0.497 e.